The number of piperidine rings is 1. The van der Waals surface area contributed by atoms with Crippen LogP contribution < -0.4 is 0 Å². The Morgan fingerprint density at radius 2 is 1.88 bits per heavy atom. The molecule has 3 aliphatic heterocycles. The molecule has 142 valence electrons. The van der Waals surface area contributed by atoms with E-state index in [4.69, 9.17) is 9.47 Å². The van der Waals surface area contributed by atoms with Crippen LogP contribution in [0.5, 0.6) is 0 Å². The van der Waals surface area contributed by atoms with Gasteiger partial charge in [0.1, 0.15) is 0 Å². The molecule has 3 aliphatic rings. The van der Waals surface area contributed by atoms with Gasteiger partial charge in [-0.3, -0.25) is 14.5 Å². The molecule has 3 heterocycles. The summed E-state index contributed by atoms with van der Waals surface area (Å²) in [5.41, 5.74) is -0.291. The second-order valence-corrected chi connectivity index (χ2v) is 7.70. The lowest BCUT2D eigenvalue weighted by atomic mass is 9.89. The first-order valence-electron chi connectivity index (χ1n) is 9.43. The highest BCUT2D eigenvalue weighted by atomic mass is 16.5. The molecule has 0 aliphatic carbocycles. The third kappa shape index (κ3) is 4.51. The number of hydrogen-bond donors (Lipinski definition) is 0. The smallest absolute Gasteiger partial charge is 0.241 e. The highest BCUT2D eigenvalue weighted by molar-refractivity contribution is 5.84. The van der Waals surface area contributed by atoms with Crippen LogP contribution in [0.25, 0.3) is 0 Å². The van der Waals surface area contributed by atoms with Gasteiger partial charge in [0.05, 0.1) is 31.7 Å². The summed E-state index contributed by atoms with van der Waals surface area (Å²) in [6, 6.07) is 0.616. The van der Waals surface area contributed by atoms with E-state index >= 15 is 0 Å². The van der Waals surface area contributed by atoms with Crippen molar-refractivity contribution in [2.24, 2.45) is 0 Å². The van der Waals surface area contributed by atoms with Crippen molar-refractivity contribution in [2.75, 3.05) is 60.1 Å². The summed E-state index contributed by atoms with van der Waals surface area (Å²) in [5, 5.41) is 0. The number of likely N-dealkylation sites (N-methyl/N-ethyl adjacent to an activating group) is 1. The molecule has 3 saturated heterocycles. The monoisotopic (exact) mass is 353 g/mol. The summed E-state index contributed by atoms with van der Waals surface area (Å²) >= 11 is 0. The summed E-state index contributed by atoms with van der Waals surface area (Å²) in [6.07, 6.45) is 4.42. The number of amides is 2. The molecular formula is C18H31N3O4. The molecule has 0 aromatic heterocycles. The van der Waals surface area contributed by atoms with E-state index in [1.54, 1.807) is 23.9 Å². The van der Waals surface area contributed by atoms with E-state index in [1.807, 2.05) is 0 Å². The maximum atomic E-state index is 12.4. The average molecular weight is 353 g/mol. The van der Waals surface area contributed by atoms with Gasteiger partial charge in [-0.05, 0) is 25.7 Å². The predicted octanol–water partition coefficient (Wildman–Crippen LogP) is 0.337. The van der Waals surface area contributed by atoms with Crippen LogP contribution in [-0.4, -0.2) is 98.3 Å². The minimum atomic E-state index is -0.291. The van der Waals surface area contributed by atoms with Crippen molar-refractivity contribution in [3.8, 4) is 0 Å². The Kier molecular flexibility index (Phi) is 5.96. The lowest BCUT2D eigenvalue weighted by Gasteiger charge is -2.45. The van der Waals surface area contributed by atoms with E-state index in [0.717, 1.165) is 52.0 Å². The van der Waals surface area contributed by atoms with Crippen LogP contribution in [0.1, 0.15) is 32.1 Å². The minimum Gasteiger partial charge on any atom is -0.381 e. The third-order valence-electron chi connectivity index (χ3n) is 5.80. The molecule has 0 bridgehead atoms. The zero-order chi connectivity index (χ0) is 17.9. The second kappa shape index (κ2) is 8.01. The Labute approximate surface area is 150 Å². The van der Waals surface area contributed by atoms with Crippen LogP contribution in [0, 0.1) is 0 Å². The number of carbonyl (C=O) groups is 2. The van der Waals surface area contributed by atoms with Gasteiger partial charge in [-0.1, -0.05) is 0 Å². The quantitative estimate of drug-likeness (QED) is 0.732. The molecular weight excluding hydrogens is 322 g/mol. The Morgan fingerprint density at radius 1 is 1.20 bits per heavy atom. The summed E-state index contributed by atoms with van der Waals surface area (Å²) in [7, 11) is 3.45. The maximum absolute atomic E-state index is 12.4. The topological polar surface area (TPSA) is 62.3 Å². The number of ether oxygens (including phenoxy) is 2. The van der Waals surface area contributed by atoms with Crippen molar-refractivity contribution in [1.82, 2.24) is 14.7 Å². The van der Waals surface area contributed by atoms with Gasteiger partial charge in [0.15, 0.2) is 0 Å². The largest absolute Gasteiger partial charge is 0.381 e. The lowest BCUT2D eigenvalue weighted by Crippen LogP contribution is -2.55. The van der Waals surface area contributed by atoms with Gasteiger partial charge >= 0.3 is 0 Å². The predicted molar refractivity (Wildman–Crippen MR) is 93.2 cm³/mol. The van der Waals surface area contributed by atoms with E-state index in [2.05, 4.69) is 4.90 Å². The molecule has 3 rings (SSSR count). The van der Waals surface area contributed by atoms with Gasteiger partial charge in [0.25, 0.3) is 0 Å². The highest BCUT2D eigenvalue weighted by Gasteiger charge is 2.42. The number of likely N-dealkylation sites (tertiary alicyclic amines) is 1. The van der Waals surface area contributed by atoms with Gasteiger partial charge < -0.3 is 19.3 Å². The molecule has 0 radical (unpaired) electrons. The molecule has 1 spiro atoms. The molecule has 7 nitrogen and oxygen atoms in total. The van der Waals surface area contributed by atoms with E-state index in [-0.39, 0.29) is 24.0 Å². The van der Waals surface area contributed by atoms with Gasteiger partial charge in [0.2, 0.25) is 11.8 Å². The van der Waals surface area contributed by atoms with Gasteiger partial charge in [-0.2, -0.15) is 0 Å². The van der Waals surface area contributed by atoms with Crippen LogP contribution in [-0.2, 0) is 19.1 Å². The summed E-state index contributed by atoms with van der Waals surface area (Å²) in [4.78, 5) is 30.2. The zero-order valence-corrected chi connectivity index (χ0v) is 15.5. The van der Waals surface area contributed by atoms with E-state index in [9.17, 15) is 9.59 Å². The maximum Gasteiger partial charge on any atom is 0.241 e. The van der Waals surface area contributed by atoms with Crippen molar-refractivity contribution in [3.05, 3.63) is 0 Å². The second-order valence-electron chi connectivity index (χ2n) is 7.70. The molecule has 0 aromatic carbocycles. The Bertz CT molecular complexity index is 483. The molecule has 0 N–H and O–H groups in total. The Balaban J connectivity index is 1.60. The van der Waals surface area contributed by atoms with Gasteiger partial charge in [-0.25, -0.2) is 0 Å². The lowest BCUT2D eigenvalue weighted by molar-refractivity contribution is -0.140. The molecule has 0 saturated carbocycles. The fraction of sp³-hybridized carbons (Fsp3) is 0.889. The van der Waals surface area contributed by atoms with E-state index in [1.165, 1.54) is 0 Å². The van der Waals surface area contributed by atoms with Gasteiger partial charge in [-0.15, -0.1) is 0 Å². The number of rotatable bonds is 3. The molecule has 25 heavy (non-hydrogen) atoms. The van der Waals surface area contributed by atoms with Crippen molar-refractivity contribution in [1.29, 1.82) is 0 Å². The number of nitrogens with zero attached hydrogens (tertiary/aromatic N) is 3. The number of carbonyl (C=O) groups excluding carboxylic acids is 2. The van der Waals surface area contributed by atoms with E-state index in [0.29, 0.717) is 25.6 Å². The Morgan fingerprint density at radius 3 is 2.52 bits per heavy atom. The van der Waals surface area contributed by atoms with E-state index < -0.39 is 0 Å². The summed E-state index contributed by atoms with van der Waals surface area (Å²) < 4.78 is 11.6. The molecule has 0 atom stereocenters. The molecule has 2 amide bonds. The first-order valence-corrected chi connectivity index (χ1v) is 9.43. The Hall–Kier alpha value is -1.18. The first-order chi connectivity index (χ1) is 12.0. The zero-order valence-electron chi connectivity index (χ0n) is 15.5. The SMILES string of the molecule is CN(C)C(=O)CN1CC2(CCN(C3CCOCC3)CC2)OCCC1=O. The van der Waals surface area contributed by atoms with Crippen molar-refractivity contribution < 1.29 is 19.1 Å². The standard InChI is InChI=1S/C18H31N3O4/c1-19(2)17(23)13-21-14-18(25-12-5-16(21)22)6-8-20(9-7-18)15-3-10-24-11-4-15/h15H,3-14H2,1-2H3. The highest BCUT2D eigenvalue weighted by Crippen LogP contribution is 2.32. The van der Waals surface area contributed by atoms with Gasteiger partial charge in [0, 0.05) is 46.4 Å². The fourth-order valence-electron chi connectivity index (χ4n) is 4.09. The average Bonchev–Trinajstić information content (AvgIpc) is 2.76. The molecule has 0 unspecified atom stereocenters. The fourth-order valence-corrected chi connectivity index (χ4v) is 4.09. The molecule has 3 fully saturated rings. The minimum absolute atomic E-state index is 0.0268. The molecule has 7 heteroatoms. The van der Waals surface area contributed by atoms with Crippen LogP contribution >= 0.6 is 0 Å². The summed E-state index contributed by atoms with van der Waals surface area (Å²) in [5.74, 6) is -0.0102. The van der Waals surface area contributed by atoms with Crippen LogP contribution in [0.2, 0.25) is 0 Å². The first kappa shape index (κ1) is 18.6. The van der Waals surface area contributed by atoms with Crippen molar-refractivity contribution in [2.45, 2.75) is 43.7 Å². The summed E-state index contributed by atoms with van der Waals surface area (Å²) in [6.45, 7) is 4.86. The number of hydrogen-bond acceptors (Lipinski definition) is 5. The van der Waals surface area contributed by atoms with Crippen LogP contribution in [0.15, 0.2) is 0 Å². The normalized spacial score (nSPS) is 25.8. The molecule has 0 aromatic rings. The third-order valence-corrected chi connectivity index (χ3v) is 5.80. The van der Waals surface area contributed by atoms with Crippen molar-refractivity contribution in [3.63, 3.8) is 0 Å². The van der Waals surface area contributed by atoms with Crippen molar-refractivity contribution >= 4 is 11.8 Å². The van der Waals surface area contributed by atoms with Crippen LogP contribution in [0.3, 0.4) is 0 Å². The van der Waals surface area contributed by atoms with Crippen LogP contribution in [0.4, 0.5) is 0 Å².